The van der Waals surface area contributed by atoms with Gasteiger partial charge in [-0.1, -0.05) is 55.4 Å². The van der Waals surface area contributed by atoms with E-state index in [0.717, 1.165) is 13.2 Å². The van der Waals surface area contributed by atoms with Gasteiger partial charge in [-0.3, -0.25) is 0 Å². The van der Waals surface area contributed by atoms with E-state index in [0.29, 0.717) is 12.5 Å². The minimum Gasteiger partial charge on any atom is -0.380 e. The second-order valence-electron chi connectivity index (χ2n) is 6.00. The van der Waals surface area contributed by atoms with Crippen LogP contribution >= 0.6 is 0 Å². The van der Waals surface area contributed by atoms with Crippen LogP contribution in [-0.2, 0) is 4.74 Å². The molecule has 100 valence electrons. The van der Waals surface area contributed by atoms with E-state index in [2.05, 4.69) is 41.5 Å². The Labute approximate surface area is 103 Å². The van der Waals surface area contributed by atoms with E-state index in [1.807, 2.05) is 13.8 Å². The molecule has 0 amide bonds. The molecule has 0 aliphatic rings. The molecule has 2 N–H and O–H groups in total. The molecule has 0 aromatic carbocycles. The molecule has 16 heavy (non-hydrogen) atoms. The number of rotatable bonds is 6. The second-order valence-corrected chi connectivity index (χ2v) is 6.00. The Morgan fingerprint density at radius 2 is 1.44 bits per heavy atom. The Morgan fingerprint density at radius 3 is 1.75 bits per heavy atom. The Balaban J connectivity index is 0. The lowest BCUT2D eigenvalue weighted by atomic mass is 9.82. The average molecular weight is 231 g/mol. The molecule has 0 heterocycles. The van der Waals surface area contributed by atoms with E-state index >= 15 is 0 Å². The van der Waals surface area contributed by atoms with Crippen molar-refractivity contribution >= 4 is 0 Å². The summed E-state index contributed by atoms with van der Waals surface area (Å²) in [5, 5.41) is 0. The minimum atomic E-state index is 0.104. The van der Waals surface area contributed by atoms with Crippen molar-refractivity contribution in [2.45, 2.75) is 55.4 Å². The van der Waals surface area contributed by atoms with Crippen LogP contribution in [0.25, 0.3) is 0 Å². The van der Waals surface area contributed by atoms with Crippen molar-refractivity contribution in [3.63, 3.8) is 0 Å². The summed E-state index contributed by atoms with van der Waals surface area (Å²) in [5.41, 5.74) is 5.99. The van der Waals surface area contributed by atoms with Crippen molar-refractivity contribution in [2.75, 3.05) is 19.8 Å². The zero-order chi connectivity index (χ0) is 13.4. The van der Waals surface area contributed by atoms with Crippen molar-refractivity contribution in [3.8, 4) is 0 Å². The summed E-state index contributed by atoms with van der Waals surface area (Å²) in [6.07, 6.45) is 0. The highest BCUT2D eigenvalue weighted by molar-refractivity contribution is 4.73. The predicted octanol–water partition coefficient (Wildman–Crippen LogP) is 3.70. The van der Waals surface area contributed by atoms with Crippen LogP contribution in [0.1, 0.15) is 55.4 Å². The topological polar surface area (TPSA) is 35.2 Å². The van der Waals surface area contributed by atoms with Gasteiger partial charge < -0.3 is 10.5 Å². The molecule has 0 aliphatic heterocycles. The second kappa shape index (κ2) is 8.08. The van der Waals surface area contributed by atoms with Gasteiger partial charge in [0, 0.05) is 5.41 Å². The van der Waals surface area contributed by atoms with Crippen molar-refractivity contribution < 1.29 is 4.74 Å². The van der Waals surface area contributed by atoms with Gasteiger partial charge in [0.25, 0.3) is 0 Å². The van der Waals surface area contributed by atoms with Crippen molar-refractivity contribution in [1.29, 1.82) is 0 Å². The first kappa shape index (κ1) is 18.3. The highest BCUT2D eigenvalue weighted by Crippen LogP contribution is 2.27. The lowest BCUT2D eigenvalue weighted by molar-refractivity contribution is 0.00128. The van der Waals surface area contributed by atoms with Gasteiger partial charge in [0.05, 0.1) is 13.2 Å². The molecule has 0 rings (SSSR count). The van der Waals surface area contributed by atoms with E-state index in [4.69, 9.17) is 10.5 Å². The van der Waals surface area contributed by atoms with Gasteiger partial charge in [0.15, 0.2) is 0 Å². The van der Waals surface area contributed by atoms with Crippen LogP contribution in [-0.4, -0.2) is 19.8 Å². The maximum Gasteiger partial charge on any atom is 0.0529 e. The minimum absolute atomic E-state index is 0.104. The molecule has 0 spiro atoms. The summed E-state index contributed by atoms with van der Waals surface area (Å²) in [5.74, 6) is 0.642. The third-order valence-corrected chi connectivity index (χ3v) is 3.08. The van der Waals surface area contributed by atoms with E-state index in [9.17, 15) is 0 Å². The zero-order valence-corrected chi connectivity index (χ0v) is 12.7. The standard InChI is InChI=1S/C12H27NO.C2H6/c1-10(2)12(5,6)9-14-8-11(3,4)7-13;1-2/h10H,7-9,13H2,1-6H3;1-2H3. The molecular formula is C14H33NO. The van der Waals surface area contributed by atoms with Crippen molar-refractivity contribution in [3.05, 3.63) is 0 Å². The fourth-order valence-electron chi connectivity index (χ4n) is 0.816. The first-order valence-electron chi connectivity index (χ1n) is 6.49. The molecular weight excluding hydrogens is 198 g/mol. The lowest BCUT2D eigenvalue weighted by Crippen LogP contribution is -2.32. The number of nitrogens with two attached hydrogens (primary N) is 1. The summed E-state index contributed by atoms with van der Waals surface area (Å²) >= 11 is 0. The largest absolute Gasteiger partial charge is 0.380 e. The Kier molecular flexibility index (Phi) is 9.23. The maximum absolute atomic E-state index is 5.74. The summed E-state index contributed by atoms with van der Waals surface area (Å²) in [4.78, 5) is 0. The Bertz CT molecular complexity index is 162. The van der Waals surface area contributed by atoms with Crippen LogP contribution in [0.3, 0.4) is 0 Å². The van der Waals surface area contributed by atoms with E-state index < -0.39 is 0 Å². The first-order chi connectivity index (χ1) is 7.21. The maximum atomic E-state index is 5.74. The van der Waals surface area contributed by atoms with Gasteiger partial charge in [-0.05, 0) is 17.9 Å². The molecule has 0 aromatic heterocycles. The molecule has 0 radical (unpaired) electrons. The van der Waals surface area contributed by atoms with Crippen LogP contribution < -0.4 is 5.73 Å². The van der Waals surface area contributed by atoms with Gasteiger partial charge in [-0.2, -0.15) is 0 Å². The predicted molar refractivity (Wildman–Crippen MR) is 73.6 cm³/mol. The molecule has 0 saturated carbocycles. The third kappa shape index (κ3) is 8.12. The normalized spacial score (nSPS) is 12.4. The average Bonchev–Trinajstić information content (AvgIpc) is 2.20. The molecule has 0 atom stereocenters. The molecule has 0 aliphatic carbocycles. The Hall–Kier alpha value is -0.0800. The van der Waals surface area contributed by atoms with E-state index in [1.54, 1.807) is 0 Å². The molecule has 0 fully saturated rings. The third-order valence-electron chi connectivity index (χ3n) is 3.08. The first-order valence-corrected chi connectivity index (χ1v) is 6.49. The van der Waals surface area contributed by atoms with Crippen LogP contribution in [0, 0.1) is 16.7 Å². The summed E-state index contributed by atoms with van der Waals surface area (Å²) in [7, 11) is 0. The van der Waals surface area contributed by atoms with Gasteiger partial charge in [-0.15, -0.1) is 0 Å². The summed E-state index contributed by atoms with van der Waals surface area (Å²) in [6.45, 7) is 19.5. The monoisotopic (exact) mass is 231 g/mol. The Morgan fingerprint density at radius 1 is 1.00 bits per heavy atom. The van der Waals surface area contributed by atoms with Gasteiger partial charge in [0.1, 0.15) is 0 Å². The van der Waals surface area contributed by atoms with Crippen LogP contribution in [0.4, 0.5) is 0 Å². The fraction of sp³-hybridized carbons (Fsp3) is 1.00. The fourth-order valence-corrected chi connectivity index (χ4v) is 0.816. The highest BCUT2D eigenvalue weighted by atomic mass is 16.5. The van der Waals surface area contributed by atoms with Gasteiger partial charge in [-0.25, -0.2) is 0 Å². The smallest absolute Gasteiger partial charge is 0.0529 e. The molecule has 2 heteroatoms. The van der Waals surface area contributed by atoms with Crippen LogP contribution in [0.15, 0.2) is 0 Å². The molecule has 0 saturated heterocycles. The summed E-state index contributed by atoms with van der Waals surface area (Å²) < 4.78 is 5.74. The number of hydrogen-bond acceptors (Lipinski definition) is 2. The number of hydrogen-bond donors (Lipinski definition) is 1. The van der Waals surface area contributed by atoms with Crippen LogP contribution in [0.2, 0.25) is 0 Å². The summed E-state index contributed by atoms with van der Waals surface area (Å²) in [6, 6.07) is 0. The van der Waals surface area contributed by atoms with E-state index in [1.165, 1.54) is 0 Å². The quantitative estimate of drug-likeness (QED) is 0.756. The molecule has 0 bridgehead atoms. The molecule has 2 nitrogen and oxygen atoms in total. The lowest BCUT2D eigenvalue weighted by Gasteiger charge is -2.31. The molecule has 0 unspecified atom stereocenters. The SMILES string of the molecule is CC.CC(C)C(C)(C)COCC(C)(C)CN. The van der Waals surface area contributed by atoms with Crippen LogP contribution in [0.5, 0.6) is 0 Å². The van der Waals surface area contributed by atoms with Gasteiger partial charge in [0.2, 0.25) is 0 Å². The zero-order valence-electron chi connectivity index (χ0n) is 12.7. The highest BCUT2D eigenvalue weighted by Gasteiger charge is 2.24. The van der Waals surface area contributed by atoms with Crippen molar-refractivity contribution in [1.82, 2.24) is 0 Å². The van der Waals surface area contributed by atoms with E-state index in [-0.39, 0.29) is 10.8 Å². The number of ether oxygens (including phenoxy) is 1. The van der Waals surface area contributed by atoms with Gasteiger partial charge >= 0.3 is 0 Å². The van der Waals surface area contributed by atoms with Crippen molar-refractivity contribution in [2.24, 2.45) is 22.5 Å². The molecule has 0 aromatic rings.